The van der Waals surface area contributed by atoms with Crippen molar-refractivity contribution in [3.8, 4) is 0 Å². The molecule has 0 spiro atoms. The zero-order chi connectivity index (χ0) is 7.14. The van der Waals surface area contributed by atoms with Crippen LogP contribution in [0.3, 0.4) is 0 Å². The van der Waals surface area contributed by atoms with E-state index in [4.69, 9.17) is 0 Å². The van der Waals surface area contributed by atoms with E-state index < -0.39 is 0 Å². The Morgan fingerprint density at radius 2 is 2.30 bits per heavy atom. The second-order valence-corrected chi connectivity index (χ2v) is 6.54. The summed E-state index contributed by atoms with van der Waals surface area (Å²) in [4.78, 5) is 0. The molecule has 4 heteroatoms. The van der Waals surface area contributed by atoms with E-state index in [1.165, 1.54) is 16.8 Å². The summed E-state index contributed by atoms with van der Waals surface area (Å²) in [5.41, 5.74) is 0. The van der Waals surface area contributed by atoms with E-state index in [0.717, 1.165) is 0 Å². The molecule has 0 saturated carbocycles. The number of fused-ring (bicyclic) bond motifs is 1. The number of hydrogen-bond donors (Lipinski definition) is 0. The Kier molecular flexibility index (Phi) is 2.05. The van der Waals surface area contributed by atoms with E-state index in [0.29, 0.717) is 0 Å². The van der Waals surface area contributed by atoms with Gasteiger partial charge in [-0.25, -0.2) is 0 Å². The number of thiophene rings is 2. The van der Waals surface area contributed by atoms with Crippen molar-refractivity contribution in [2.75, 3.05) is 0 Å². The highest BCUT2D eigenvalue weighted by Gasteiger charge is 2.03. The monoisotopic (exact) mass is 344 g/mol. The molecule has 0 aliphatic rings. The minimum atomic E-state index is 1.24. The Labute approximate surface area is 88.5 Å². The molecule has 0 radical (unpaired) electrons. The molecule has 0 bridgehead atoms. The molecular weight excluding hydrogens is 343 g/mol. The van der Waals surface area contributed by atoms with Crippen molar-refractivity contribution in [2.45, 2.75) is 0 Å². The number of hydrogen-bond acceptors (Lipinski definition) is 2. The summed E-state index contributed by atoms with van der Waals surface area (Å²) in [6.07, 6.45) is 0. The molecule has 0 saturated heterocycles. The second-order valence-electron chi connectivity index (χ2n) is 1.83. The molecular formula is C6H2BrIS2. The fourth-order valence-electron chi connectivity index (χ4n) is 0.769. The van der Waals surface area contributed by atoms with Crippen LogP contribution in [0, 0.1) is 2.88 Å². The van der Waals surface area contributed by atoms with E-state index in [1.807, 2.05) is 11.3 Å². The molecule has 52 valence electrons. The smallest absolute Gasteiger partial charge is 0.0674 e. The highest BCUT2D eigenvalue weighted by atomic mass is 127. The van der Waals surface area contributed by atoms with Crippen LogP contribution in [0.5, 0.6) is 0 Å². The fourth-order valence-corrected chi connectivity index (χ4v) is 4.68. The first-order chi connectivity index (χ1) is 4.77. The molecule has 2 aromatic heterocycles. The predicted octanol–water partition coefficient (Wildman–Crippen LogP) is 4.33. The van der Waals surface area contributed by atoms with Gasteiger partial charge in [-0.1, -0.05) is 0 Å². The van der Waals surface area contributed by atoms with E-state index >= 15 is 0 Å². The van der Waals surface area contributed by atoms with E-state index in [9.17, 15) is 0 Å². The molecule has 0 nitrogen and oxygen atoms in total. The van der Waals surface area contributed by atoms with Crippen molar-refractivity contribution in [3.63, 3.8) is 0 Å². The third-order valence-corrected chi connectivity index (χ3v) is 5.35. The molecule has 0 amide bonds. The lowest BCUT2D eigenvalue weighted by Crippen LogP contribution is -1.43. The molecule has 0 unspecified atom stereocenters. The summed E-state index contributed by atoms with van der Waals surface area (Å²) in [5, 5.41) is 2.14. The molecule has 0 fully saturated rings. The summed E-state index contributed by atoms with van der Waals surface area (Å²) < 4.78 is 5.37. The normalized spacial score (nSPS) is 11.0. The van der Waals surface area contributed by atoms with Gasteiger partial charge in [0.2, 0.25) is 0 Å². The molecule has 2 rings (SSSR count). The van der Waals surface area contributed by atoms with Gasteiger partial charge >= 0.3 is 0 Å². The zero-order valence-electron chi connectivity index (χ0n) is 4.73. The molecule has 0 N–H and O–H groups in total. The molecule has 0 aliphatic heterocycles. The SMILES string of the molecule is Brc1csc2cc(I)sc12. The Bertz CT molecular complexity index is 363. The summed E-state index contributed by atoms with van der Waals surface area (Å²) in [5.74, 6) is 0. The van der Waals surface area contributed by atoms with Crippen LogP contribution in [0.25, 0.3) is 9.40 Å². The Morgan fingerprint density at radius 1 is 1.50 bits per heavy atom. The van der Waals surface area contributed by atoms with Crippen LogP contribution in [0.2, 0.25) is 0 Å². The average Bonchev–Trinajstić information content (AvgIpc) is 2.35. The minimum absolute atomic E-state index is 1.24. The lowest BCUT2D eigenvalue weighted by atomic mass is 10.5. The molecule has 10 heavy (non-hydrogen) atoms. The van der Waals surface area contributed by atoms with Crippen LogP contribution in [-0.2, 0) is 0 Å². The first-order valence-electron chi connectivity index (χ1n) is 2.59. The fraction of sp³-hybridized carbons (Fsp3) is 0. The van der Waals surface area contributed by atoms with Gasteiger partial charge in [0, 0.05) is 14.6 Å². The largest absolute Gasteiger partial charge is 0.142 e. The first-order valence-corrected chi connectivity index (χ1v) is 6.16. The minimum Gasteiger partial charge on any atom is -0.142 e. The van der Waals surface area contributed by atoms with Gasteiger partial charge in [0.15, 0.2) is 0 Å². The van der Waals surface area contributed by atoms with Crippen molar-refractivity contribution in [1.29, 1.82) is 0 Å². The van der Waals surface area contributed by atoms with Crippen molar-refractivity contribution >= 4 is 70.6 Å². The third kappa shape index (κ3) is 1.15. The first kappa shape index (κ1) is 7.52. The zero-order valence-corrected chi connectivity index (χ0v) is 10.1. The van der Waals surface area contributed by atoms with Gasteiger partial charge < -0.3 is 0 Å². The summed E-state index contributed by atoms with van der Waals surface area (Å²) in [7, 11) is 0. The maximum atomic E-state index is 3.50. The van der Waals surface area contributed by atoms with Crippen molar-refractivity contribution in [1.82, 2.24) is 0 Å². The molecule has 0 aromatic carbocycles. The van der Waals surface area contributed by atoms with Crippen molar-refractivity contribution < 1.29 is 0 Å². The van der Waals surface area contributed by atoms with Gasteiger partial charge in [0.1, 0.15) is 0 Å². The summed E-state index contributed by atoms with van der Waals surface area (Å²) >= 11 is 9.48. The molecule has 2 heterocycles. The number of rotatable bonds is 0. The van der Waals surface area contributed by atoms with Crippen LogP contribution in [-0.4, -0.2) is 0 Å². The maximum absolute atomic E-state index is 3.50. The van der Waals surface area contributed by atoms with E-state index in [-0.39, 0.29) is 0 Å². The van der Waals surface area contributed by atoms with E-state index in [1.54, 1.807) is 11.3 Å². The quantitative estimate of drug-likeness (QED) is 0.624. The van der Waals surface area contributed by atoms with Crippen LogP contribution in [0.15, 0.2) is 15.9 Å². The van der Waals surface area contributed by atoms with Crippen molar-refractivity contribution in [2.24, 2.45) is 0 Å². The van der Waals surface area contributed by atoms with Gasteiger partial charge in [-0.15, -0.1) is 22.7 Å². The third-order valence-electron chi connectivity index (χ3n) is 1.17. The Hall–Kier alpha value is 0.870. The highest BCUT2D eigenvalue weighted by Crippen LogP contribution is 2.37. The van der Waals surface area contributed by atoms with Crippen LogP contribution in [0.4, 0.5) is 0 Å². The Morgan fingerprint density at radius 3 is 3.00 bits per heavy atom. The standard InChI is InChI=1S/C6H2BrIS2/c7-3-2-9-4-1-5(8)10-6(3)4/h1-2H. The van der Waals surface area contributed by atoms with Crippen LogP contribution >= 0.6 is 61.2 Å². The number of halogens is 2. The second kappa shape index (κ2) is 2.73. The van der Waals surface area contributed by atoms with Gasteiger partial charge in [0.05, 0.1) is 7.58 Å². The predicted molar refractivity (Wildman–Crippen MR) is 60.1 cm³/mol. The van der Waals surface area contributed by atoms with E-state index in [2.05, 4.69) is 50.0 Å². The van der Waals surface area contributed by atoms with Crippen LogP contribution < -0.4 is 0 Å². The molecule has 2 aromatic rings. The van der Waals surface area contributed by atoms with Gasteiger partial charge in [0.25, 0.3) is 0 Å². The van der Waals surface area contributed by atoms with Gasteiger partial charge in [-0.05, 0) is 44.6 Å². The lowest BCUT2D eigenvalue weighted by Gasteiger charge is -1.74. The lowest BCUT2D eigenvalue weighted by molar-refractivity contribution is 2.08. The Balaban J connectivity index is 2.90. The molecule has 0 atom stereocenters. The molecule has 0 aliphatic carbocycles. The van der Waals surface area contributed by atoms with Gasteiger partial charge in [-0.3, -0.25) is 0 Å². The van der Waals surface area contributed by atoms with Crippen molar-refractivity contribution in [3.05, 3.63) is 18.8 Å². The summed E-state index contributed by atoms with van der Waals surface area (Å²) in [6.45, 7) is 0. The van der Waals surface area contributed by atoms with Crippen LogP contribution in [0.1, 0.15) is 0 Å². The van der Waals surface area contributed by atoms with Gasteiger partial charge in [-0.2, -0.15) is 0 Å². The highest BCUT2D eigenvalue weighted by molar-refractivity contribution is 14.1. The summed E-state index contributed by atoms with van der Waals surface area (Å²) in [6, 6.07) is 2.22. The maximum Gasteiger partial charge on any atom is 0.0674 e. The average molecular weight is 345 g/mol. The topological polar surface area (TPSA) is 0 Å².